The van der Waals surface area contributed by atoms with Gasteiger partial charge in [0.05, 0.1) is 18.3 Å². The van der Waals surface area contributed by atoms with Crippen molar-refractivity contribution in [3.05, 3.63) is 29.1 Å². The Morgan fingerprint density at radius 3 is 2.29 bits per heavy atom. The maximum Gasteiger partial charge on any atom is 0.329 e. The molecule has 7 rings (SSSR count). The zero-order valence-corrected chi connectivity index (χ0v) is 19.8. The lowest BCUT2D eigenvalue weighted by Crippen LogP contribution is -2.48. The summed E-state index contributed by atoms with van der Waals surface area (Å²) >= 11 is 0. The molecule has 184 valence electrons. The van der Waals surface area contributed by atoms with Crippen molar-refractivity contribution >= 4 is 11.9 Å². The summed E-state index contributed by atoms with van der Waals surface area (Å²) in [6, 6.07) is 1.90. The lowest BCUT2D eigenvalue weighted by atomic mass is 9.50. The molecule has 1 unspecified atom stereocenters. The van der Waals surface area contributed by atoms with E-state index in [0.29, 0.717) is 18.8 Å². The number of hydrogen-bond acceptors (Lipinski definition) is 4. The molecule has 6 nitrogen and oxygen atoms in total. The number of halogens is 1. The van der Waals surface area contributed by atoms with Crippen LogP contribution in [-0.2, 0) is 9.53 Å². The summed E-state index contributed by atoms with van der Waals surface area (Å²) in [4.78, 5) is 26.3. The van der Waals surface area contributed by atoms with E-state index in [-0.39, 0.29) is 23.4 Å². The molecule has 1 aromatic rings. The summed E-state index contributed by atoms with van der Waals surface area (Å²) in [6.45, 7) is 0.864. The van der Waals surface area contributed by atoms with E-state index in [0.717, 1.165) is 36.2 Å². The van der Waals surface area contributed by atoms with Gasteiger partial charge in [-0.05, 0) is 93.1 Å². The van der Waals surface area contributed by atoms with Crippen LogP contribution in [0.4, 0.5) is 4.39 Å². The molecule has 0 spiro atoms. The van der Waals surface area contributed by atoms with Crippen LogP contribution in [0.25, 0.3) is 0 Å². The van der Waals surface area contributed by atoms with Crippen LogP contribution in [-0.4, -0.2) is 54.3 Å². The van der Waals surface area contributed by atoms with Gasteiger partial charge in [-0.1, -0.05) is 0 Å². The van der Waals surface area contributed by atoms with Crippen molar-refractivity contribution in [3.63, 3.8) is 0 Å². The predicted molar refractivity (Wildman–Crippen MR) is 122 cm³/mol. The number of likely N-dealkylation sites (tertiary alicyclic amines) is 1. The highest BCUT2D eigenvalue weighted by molar-refractivity contribution is 5.97. The first-order valence-electron chi connectivity index (χ1n) is 12.9. The molecular formula is C27H34FNO5. The Hall–Kier alpha value is -2.15. The quantitative estimate of drug-likeness (QED) is 0.628. The van der Waals surface area contributed by atoms with Gasteiger partial charge in [-0.3, -0.25) is 4.79 Å². The number of ether oxygens (including phenoxy) is 2. The summed E-state index contributed by atoms with van der Waals surface area (Å²) in [6.07, 6.45) is 9.62. The molecule has 1 heterocycles. The largest absolute Gasteiger partial charge is 0.493 e. The fourth-order valence-electron chi connectivity index (χ4n) is 7.96. The van der Waals surface area contributed by atoms with Crippen molar-refractivity contribution in [1.82, 2.24) is 4.90 Å². The highest BCUT2D eigenvalue weighted by atomic mass is 19.1. The summed E-state index contributed by atoms with van der Waals surface area (Å²) < 4.78 is 26.9. The van der Waals surface area contributed by atoms with Crippen LogP contribution in [0.15, 0.2) is 12.1 Å². The lowest BCUT2D eigenvalue weighted by Gasteiger charge is -2.56. The highest BCUT2D eigenvalue weighted by Gasteiger charge is 2.51. The van der Waals surface area contributed by atoms with Crippen LogP contribution < -0.4 is 4.74 Å². The fourth-order valence-corrected chi connectivity index (χ4v) is 7.96. The second kappa shape index (κ2) is 8.21. The minimum atomic E-state index is -1.13. The monoisotopic (exact) mass is 471 g/mol. The lowest BCUT2D eigenvalue weighted by molar-refractivity contribution is -0.144. The molecule has 0 aromatic heterocycles. The predicted octanol–water partition coefficient (Wildman–Crippen LogP) is 4.61. The molecule has 0 radical (unpaired) electrons. The first-order chi connectivity index (χ1) is 16.4. The Labute approximate surface area is 199 Å². The van der Waals surface area contributed by atoms with E-state index >= 15 is 4.39 Å². The number of methoxy groups -OCH3 is 1. The maximum atomic E-state index is 15.3. The van der Waals surface area contributed by atoms with Gasteiger partial charge >= 0.3 is 5.97 Å². The number of aliphatic carboxylic acids is 1. The SMILES string of the molecule is CO[C@H]1CCN(C(=O)c2cc(C3CC3)c(OCC34CC5CC(CC(C5)C3)C4)cc2F)C1C(=O)O. The number of nitrogens with zero attached hydrogens (tertiary/aromatic N) is 1. The Kier molecular flexibility index (Phi) is 5.39. The number of amides is 1. The number of carboxylic acid groups (broad SMARTS) is 1. The standard InChI is InChI=1S/C27H34FNO5/c1-33-22-4-5-29(24(22)26(31)32)25(30)20-9-19(18-2-3-18)23(10-21(20)28)34-14-27-11-15-6-16(12-27)8-17(7-15)13-27/h9-10,15-18,22,24H,2-8,11-14H2,1H3,(H,31,32)/t15?,16?,17?,22-,24?,27?/m0/s1. The molecule has 5 aliphatic carbocycles. The maximum absolute atomic E-state index is 15.3. The molecule has 1 aliphatic heterocycles. The number of hydrogen-bond donors (Lipinski definition) is 1. The topological polar surface area (TPSA) is 76.1 Å². The second-order valence-corrected chi connectivity index (χ2v) is 11.7. The van der Waals surface area contributed by atoms with Gasteiger partial charge < -0.3 is 19.5 Å². The minimum Gasteiger partial charge on any atom is -0.493 e. The van der Waals surface area contributed by atoms with Gasteiger partial charge in [0.15, 0.2) is 6.04 Å². The molecule has 5 saturated carbocycles. The average Bonchev–Trinajstić information content (AvgIpc) is 3.53. The summed E-state index contributed by atoms with van der Waals surface area (Å²) in [7, 11) is 1.44. The number of carbonyl (C=O) groups excluding carboxylic acids is 1. The van der Waals surface area contributed by atoms with E-state index in [4.69, 9.17) is 9.47 Å². The van der Waals surface area contributed by atoms with Crippen molar-refractivity contribution in [3.8, 4) is 5.75 Å². The van der Waals surface area contributed by atoms with E-state index < -0.39 is 29.8 Å². The third-order valence-corrected chi connectivity index (χ3v) is 9.21. The van der Waals surface area contributed by atoms with Crippen LogP contribution in [0.2, 0.25) is 0 Å². The van der Waals surface area contributed by atoms with Gasteiger partial charge in [0, 0.05) is 25.1 Å². The van der Waals surface area contributed by atoms with Gasteiger partial charge in [0.25, 0.3) is 5.91 Å². The smallest absolute Gasteiger partial charge is 0.329 e. The van der Waals surface area contributed by atoms with Crippen molar-refractivity contribution in [1.29, 1.82) is 0 Å². The van der Waals surface area contributed by atoms with E-state index in [9.17, 15) is 14.7 Å². The Morgan fingerprint density at radius 1 is 1.09 bits per heavy atom. The average molecular weight is 472 g/mol. The van der Waals surface area contributed by atoms with E-state index in [1.807, 2.05) is 0 Å². The first kappa shape index (κ1) is 22.3. The summed E-state index contributed by atoms with van der Waals surface area (Å²) in [5, 5.41) is 9.65. The van der Waals surface area contributed by atoms with E-state index in [1.54, 1.807) is 6.07 Å². The van der Waals surface area contributed by atoms with Gasteiger partial charge in [-0.25, -0.2) is 9.18 Å². The molecule has 1 N–H and O–H groups in total. The zero-order valence-electron chi connectivity index (χ0n) is 19.8. The third kappa shape index (κ3) is 3.80. The molecule has 1 aromatic carbocycles. The number of carbonyl (C=O) groups is 2. The first-order valence-corrected chi connectivity index (χ1v) is 12.9. The fraction of sp³-hybridized carbons (Fsp3) is 0.704. The van der Waals surface area contributed by atoms with Crippen molar-refractivity contribution in [2.45, 2.75) is 75.9 Å². The Bertz CT molecular complexity index is 970. The van der Waals surface area contributed by atoms with Crippen LogP contribution in [0.5, 0.6) is 5.75 Å². The highest BCUT2D eigenvalue weighted by Crippen LogP contribution is 2.60. The number of rotatable bonds is 7. The number of benzene rings is 1. The van der Waals surface area contributed by atoms with Gasteiger partial charge in [0.1, 0.15) is 11.6 Å². The third-order valence-electron chi connectivity index (χ3n) is 9.21. The van der Waals surface area contributed by atoms with Crippen molar-refractivity contribution in [2.75, 3.05) is 20.3 Å². The van der Waals surface area contributed by atoms with Gasteiger partial charge in [0.2, 0.25) is 0 Å². The summed E-state index contributed by atoms with van der Waals surface area (Å²) in [5.41, 5.74) is 1.05. The number of carboxylic acids is 1. The van der Waals surface area contributed by atoms with Crippen molar-refractivity contribution < 1.29 is 28.6 Å². The summed E-state index contributed by atoms with van der Waals surface area (Å²) in [5.74, 6) is 0.974. The molecule has 2 atom stereocenters. The Balaban J connectivity index is 1.24. The van der Waals surface area contributed by atoms with E-state index in [1.165, 1.54) is 56.6 Å². The molecule has 7 heteroatoms. The van der Waals surface area contributed by atoms with Crippen LogP contribution in [0, 0.1) is 29.0 Å². The minimum absolute atomic E-state index is 0.0629. The van der Waals surface area contributed by atoms with Gasteiger partial charge in [-0.15, -0.1) is 0 Å². The zero-order chi connectivity index (χ0) is 23.6. The molecule has 4 bridgehead atoms. The van der Waals surface area contributed by atoms with Crippen LogP contribution >= 0.6 is 0 Å². The molecule has 6 fully saturated rings. The normalized spacial score (nSPS) is 36.2. The molecule has 1 saturated heterocycles. The molecule has 1 amide bonds. The van der Waals surface area contributed by atoms with Crippen LogP contribution in [0.3, 0.4) is 0 Å². The molecular weight excluding hydrogens is 437 g/mol. The second-order valence-electron chi connectivity index (χ2n) is 11.7. The van der Waals surface area contributed by atoms with Crippen molar-refractivity contribution in [2.24, 2.45) is 23.2 Å². The van der Waals surface area contributed by atoms with Crippen LogP contribution in [0.1, 0.15) is 79.6 Å². The molecule has 34 heavy (non-hydrogen) atoms. The Morgan fingerprint density at radius 2 is 1.74 bits per heavy atom. The van der Waals surface area contributed by atoms with Gasteiger partial charge in [-0.2, -0.15) is 0 Å². The van der Waals surface area contributed by atoms with E-state index in [2.05, 4.69) is 0 Å². The molecule has 6 aliphatic rings.